The minimum atomic E-state index is -0.251. The lowest BCUT2D eigenvalue weighted by molar-refractivity contribution is 0.102. The van der Waals surface area contributed by atoms with Crippen molar-refractivity contribution in [1.82, 2.24) is 9.97 Å². The third-order valence-corrected chi connectivity index (χ3v) is 4.91. The van der Waals surface area contributed by atoms with E-state index in [9.17, 15) is 4.79 Å². The summed E-state index contributed by atoms with van der Waals surface area (Å²) >= 11 is 6.02. The van der Waals surface area contributed by atoms with Gasteiger partial charge in [-0.25, -0.2) is 9.97 Å². The van der Waals surface area contributed by atoms with Crippen LogP contribution < -0.4 is 10.2 Å². The zero-order valence-electron chi connectivity index (χ0n) is 14.6. The van der Waals surface area contributed by atoms with Gasteiger partial charge in [0.2, 0.25) is 5.95 Å². The third-order valence-electron chi connectivity index (χ3n) is 4.68. The van der Waals surface area contributed by atoms with Gasteiger partial charge in [0.1, 0.15) is 5.69 Å². The summed E-state index contributed by atoms with van der Waals surface area (Å²) in [5.74, 6) is 0.390. The van der Waals surface area contributed by atoms with E-state index >= 15 is 0 Å². The number of halogens is 1. The number of carbonyl (C=O) groups is 1. The van der Waals surface area contributed by atoms with E-state index in [0.717, 1.165) is 31.4 Å². The normalized spacial score (nSPS) is 17.4. The van der Waals surface area contributed by atoms with Crippen molar-refractivity contribution in [3.8, 4) is 0 Å². The summed E-state index contributed by atoms with van der Waals surface area (Å²) in [6.07, 6.45) is 6.24. The Morgan fingerprint density at radius 1 is 1.36 bits per heavy atom. The van der Waals surface area contributed by atoms with Gasteiger partial charge in [0, 0.05) is 29.5 Å². The van der Waals surface area contributed by atoms with E-state index in [0.29, 0.717) is 28.4 Å². The lowest BCUT2D eigenvalue weighted by Crippen LogP contribution is -2.40. The molecule has 132 valence electrons. The molecule has 1 aromatic heterocycles. The number of hydrogen-bond donors (Lipinski definition) is 1. The van der Waals surface area contributed by atoms with Crippen LogP contribution in [-0.4, -0.2) is 28.5 Å². The van der Waals surface area contributed by atoms with Crippen molar-refractivity contribution in [1.29, 1.82) is 0 Å². The zero-order valence-corrected chi connectivity index (χ0v) is 15.4. The van der Waals surface area contributed by atoms with Gasteiger partial charge in [0.05, 0.1) is 0 Å². The van der Waals surface area contributed by atoms with Crippen molar-refractivity contribution in [3.63, 3.8) is 0 Å². The Morgan fingerprint density at radius 2 is 2.20 bits per heavy atom. The fourth-order valence-electron chi connectivity index (χ4n) is 3.22. The molecule has 1 amide bonds. The van der Waals surface area contributed by atoms with Crippen LogP contribution in [0.1, 0.15) is 48.7 Å². The fourth-order valence-corrected chi connectivity index (χ4v) is 3.39. The van der Waals surface area contributed by atoms with Crippen molar-refractivity contribution >= 4 is 29.1 Å². The van der Waals surface area contributed by atoms with Crippen molar-refractivity contribution in [2.75, 3.05) is 16.8 Å². The molecule has 1 N–H and O–H groups in total. The van der Waals surface area contributed by atoms with Gasteiger partial charge in [0.15, 0.2) is 0 Å². The van der Waals surface area contributed by atoms with Crippen molar-refractivity contribution in [3.05, 3.63) is 46.7 Å². The second-order valence-electron chi connectivity index (χ2n) is 6.41. The third kappa shape index (κ3) is 4.10. The molecule has 0 bridgehead atoms. The molecular weight excluding hydrogens is 336 g/mol. The van der Waals surface area contributed by atoms with Gasteiger partial charge in [-0.3, -0.25) is 4.79 Å². The monoisotopic (exact) mass is 358 g/mol. The Bertz CT molecular complexity index is 765. The molecule has 0 saturated carbocycles. The SMILES string of the molecule is CCC1CCCCN1c1nccc(C(=O)Nc2cc(Cl)ccc2C)n1. The molecule has 1 saturated heterocycles. The summed E-state index contributed by atoms with van der Waals surface area (Å²) in [6.45, 7) is 5.05. The van der Waals surface area contributed by atoms with Crippen LogP contribution in [0.15, 0.2) is 30.5 Å². The summed E-state index contributed by atoms with van der Waals surface area (Å²) in [6, 6.07) is 7.51. The maximum Gasteiger partial charge on any atom is 0.274 e. The quantitative estimate of drug-likeness (QED) is 0.876. The number of piperidine rings is 1. The lowest BCUT2D eigenvalue weighted by Gasteiger charge is -2.35. The summed E-state index contributed by atoms with van der Waals surface area (Å²) in [7, 11) is 0. The van der Waals surface area contributed by atoms with E-state index in [1.807, 2.05) is 13.0 Å². The number of nitrogens with zero attached hydrogens (tertiary/aromatic N) is 3. The number of nitrogens with one attached hydrogen (secondary N) is 1. The van der Waals surface area contributed by atoms with E-state index in [1.54, 1.807) is 24.4 Å². The summed E-state index contributed by atoms with van der Waals surface area (Å²) in [5, 5.41) is 3.48. The summed E-state index contributed by atoms with van der Waals surface area (Å²) < 4.78 is 0. The Labute approximate surface area is 153 Å². The van der Waals surface area contributed by atoms with Crippen LogP contribution in [0, 0.1) is 6.92 Å². The molecule has 25 heavy (non-hydrogen) atoms. The number of amides is 1. The van der Waals surface area contributed by atoms with Gasteiger partial charge in [-0.2, -0.15) is 0 Å². The first-order chi connectivity index (χ1) is 12.1. The van der Waals surface area contributed by atoms with Crippen LogP contribution in [0.3, 0.4) is 0 Å². The zero-order chi connectivity index (χ0) is 17.8. The van der Waals surface area contributed by atoms with Gasteiger partial charge in [-0.05, 0) is 56.4 Å². The van der Waals surface area contributed by atoms with E-state index in [2.05, 4.69) is 27.1 Å². The molecule has 0 spiro atoms. The molecule has 0 aliphatic carbocycles. The predicted octanol–water partition coefficient (Wildman–Crippen LogP) is 4.46. The van der Waals surface area contributed by atoms with Gasteiger partial charge < -0.3 is 10.2 Å². The molecular formula is C19H23ClN4O. The van der Waals surface area contributed by atoms with Crippen molar-refractivity contribution in [2.24, 2.45) is 0 Å². The largest absolute Gasteiger partial charge is 0.338 e. The van der Waals surface area contributed by atoms with E-state index in [1.165, 1.54) is 6.42 Å². The molecule has 6 heteroatoms. The first-order valence-electron chi connectivity index (χ1n) is 8.75. The second kappa shape index (κ2) is 7.83. The lowest BCUT2D eigenvalue weighted by atomic mass is 10.0. The molecule has 1 aliphatic rings. The van der Waals surface area contributed by atoms with Crippen molar-refractivity contribution < 1.29 is 4.79 Å². The highest BCUT2D eigenvalue weighted by Crippen LogP contribution is 2.24. The number of benzene rings is 1. The van der Waals surface area contributed by atoms with Gasteiger partial charge in [-0.1, -0.05) is 24.6 Å². The maximum absolute atomic E-state index is 12.6. The molecule has 1 fully saturated rings. The van der Waals surface area contributed by atoms with Gasteiger partial charge >= 0.3 is 0 Å². The smallest absolute Gasteiger partial charge is 0.274 e. The second-order valence-corrected chi connectivity index (χ2v) is 6.84. The molecule has 1 unspecified atom stereocenters. The molecule has 0 radical (unpaired) electrons. The molecule has 2 aromatic rings. The number of anilines is 2. The van der Waals surface area contributed by atoms with Crippen LogP contribution in [0.25, 0.3) is 0 Å². The number of hydrogen-bond acceptors (Lipinski definition) is 4. The van der Waals surface area contributed by atoms with Crippen LogP contribution in [0.4, 0.5) is 11.6 Å². The molecule has 1 atom stereocenters. The van der Waals surface area contributed by atoms with Crippen LogP contribution >= 0.6 is 11.6 Å². The standard InChI is InChI=1S/C19H23ClN4O/c1-3-15-6-4-5-11-24(15)19-21-10-9-16(23-19)18(25)22-17-12-14(20)8-7-13(17)2/h7-10,12,15H,3-6,11H2,1-2H3,(H,22,25). The Balaban J connectivity index is 1.81. The average Bonchev–Trinajstić information content (AvgIpc) is 2.64. The van der Waals surface area contributed by atoms with Gasteiger partial charge in [0.25, 0.3) is 5.91 Å². The predicted molar refractivity (Wildman–Crippen MR) is 101 cm³/mol. The summed E-state index contributed by atoms with van der Waals surface area (Å²) in [5.41, 5.74) is 2.01. The first-order valence-corrected chi connectivity index (χ1v) is 9.13. The minimum Gasteiger partial charge on any atom is -0.338 e. The average molecular weight is 359 g/mol. The molecule has 3 rings (SSSR count). The number of aromatic nitrogens is 2. The summed E-state index contributed by atoms with van der Waals surface area (Å²) in [4.78, 5) is 23.7. The molecule has 1 aliphatic heterocycles. The Morgan fingerprint density at radius 3 is 3.00 bits per heavy atom. The highest BCUT2D eigenvalue weighted by atomic mass is 35.5. The highest BCUT2D eigenvalue weighted by molar-refractivity contribution is 6.31. The maximum atomic E-state index is 12.6. The topological polar surface area (TPSA) is 58.1 Å². The van der Waals surface area contributed by atoms with Crippen LogP contribution in [0.2, 0.25) is 5.02 Å². The van der Waals surface area contributed by atoms with Crippen LogP contribution in [-0.2, 0) is 0 Å². The van der Waals surface area contributed by atoms with E-state index < -0.39 is 0 Å². The first kappa shape index (κ1) is 17.7. The fraction of sp³-hybridized carbons (Fsp3) is 0.421. The van der Waals surface area contributed by atoms with E-state index in [-0.39, 0.29) is 5.91 Å². The van der Waals surface area contributed by atoms with E-state index in [4.69, 9.17) is 11.6 Å². The number of carbonyl (C=O) groups excluding carboxylic acids is 1. The highest BCUT2D eigenvalue weighted by Gasteiger charge is 2.23. The minimum absolute atomic E-state index is 0.251. The van der Waals surface area contributed by atoms with Crippen LogP contribution in [0.5, 0.6) is 0 Å². The van der Waals surface area contributed by atoms with Gasteiger partial charge in [-0.15, -0.1) is 0 Å². The molecule has 1 aromatic carbocycles. The molecule has 2 heterocycles. The molecule has 5 nitrogen and oxygen atoms in total. The number of aryl methyl sites for hydroxylation is 1. The number of rotatable bonds is 4. The Kier molecular flexibility index (Phi) is 5.53. The Hall–Kier alpha value is -2.14. The van der Waals surface area contributed by atoms with Crippen molar-refractivity contribution in [2.45, 2.75) is 45.6 Å².